The van der Waals surface area contributed by atoms with Gasteiger partial charge in [0, 0.05) is 18.4 Å². The molecule has 0 aromatic heterocycles. The molecule has 0 radical (unpaired) electrons. The summed E-state index contributed by atoms with van der Waals surface area (Å²) in [6, 6.07) is -1.17. The van der Waals surface area contributed by atoms with Crippen molar-refractivity contribution in [3.63, 3.8) is 0 Å². The minimum atomic E-state index is -1.23. The lowest BCUT2D eigenvalue weighted by molar-refractivity contribution is -0.143. The highest BCUT2D eigenvalue weighted by Gasteiger charge is 2.33. The molecule has 108 valence electrons. The van der Waals surface area contributed by atoms with E-state index in [9.17, 15) is 14.4 Å². The summed E-state index contributed by atoms with van der Waals surface area (Å²) >= 11 is 0. The monoisotopic (exact) mass is 272 g/mol. The lowest BCUT2D eigenvalue weighted by Crippen LogP contribution is -2.47. The maximum absolute atomic E-state index is 11.8. The predicted molar refractivity (Wildman–Crippen MR) is 66.4 cm³/mol. The number of rotatable bonds is 7. The van der Waals surface area contributed by atoms with Gasteiger partial charge in [-0.15, -0.1) is 0 Å². The van der Waals surface area contributed by atoms with E-state index in [1.807, 2.05) is 0 Å². The molecule has 0 aromatic carbocycles. The number of carboxylic acids is 2. The highest BCUT2D eigenvalue weighted by molar-refractivity contribution is 5.84. The van der Waals surface area contributed by atoms with Crippen LogP contribution in [0.25, 0.3) is 0 Å². The summed E-state index contributed by atoms with van der Waals surface area (Å²) in [5, 5.41) is 19.8. The Morgan fingerprint density at radius 2 is 1.79 bits per heavy atom. The van der Waals surface area contributed by atoms with Crippen LogP contribution in [0.5, 0.6) is 0 Å². The van der Waals surface area contributed by atoms with Crippen LogP contribution in [-0.4, -0.2) is 39.6 Å². The first-order chi connectivity index (χ1) is 8.82. The Kier molecular flexibility index (Phi) is 5.29. The molecule has 0 aliphatic heterocycles. The molecule has 0 heterocycles. The van der Waals surface area contributed by atoms with E-state index in [0.29, 0.717) is 0 Å². The molecule has 1 fully saturated rings. The first kappa shape index (κ1) is 15.4. The zero-order valence-electron chi connectivity index (χ0n) is 10.7. The van der Waals surface area contributed by atoms with E-state index >= 15 is 0 Å². The number of hydrogen-bond acceptors (Lipinski definition) is 4. The van der Waals surface area contributed by atoms with Crippen LogP contribution in [0.1, 0.15) is 44.9 Å². The van der Waals surface area contributed by atoms with Crippen LogP contribution in [0.4, 0.5) is 0 Å². The second kappa shape index (κ2) is 6.51. The Morgan fingerprint density at radius 1 is 1.21 bits per heavy atom. The van der Waals surface area contributed by atoms with Gasteiger partial charge in [-0.25, -0.2) is 4.79 Å². The zero-order valence-corrected chi connectivity index (χ0v) is 10.7. The molecule has 5 N–H and O–H groups in total. The fourth-order valence-corrected chi connectivity index (χ4v) is 2.35. The molecular formula is C12H20N2O5. The number of nitrogens with one attached hydrogen (secondary N) is 1. The lowest BCUT2D eigenvalue weighted by atomic mass is 9.94. The molecule has 0 spiro atoms. The molecule has 1 aliphatic carbocycles. The van der Waals surface area contributed by atoms with E-state index in [0.717, 1.165) is 25.7 Å². The molecule has 1 saturated carbocycles. The molecule has 7 nitrogen and oxygen atoms in total. The molecule has 7 heteroatoms. The number of amides is 1. The summed E-state index contributed by atoms with van der Waals surface area (Å²) < 4.78 is 0. The predicted octanol–water partition coefficient (Wildman–Crippen LogP) is 0.0822. The van der Waals surface area contributed by atoms with Gasteiger partial charge in [-0.1, -0.05) is 12.8 Å². The summed E-state index contributed by atoms with van der Waals surface area (Å²) in [6.07, 6.45) is 3.12. The van der Waals surface area contributed by atoms with Crippen molar-refractivity contribution in [2.75, 3.05) is 0 Å². The Hall–Kier alpha value is -1.63. The molecule has 1 atom stereocenters. The second-order valence-corrected chi connectivity index (χ2v) is 5.14. The third-order valence-electron chi connectivity index (χ3n) is 3.39. The van der Waals surface area contributed by atoms with Crippen LogP contribution >= 0.6 is 0 Å². The van der Waals surface area contributed by atoms with E-state index in [4.69, 9.17) is 15.9 Å². The minimum absolute atomic E-state index is 0.0872. The average molecular weight is 272 g/mol. The fourth-order valence-electron chi connectivity index (χ4n) is 2.35. The van der Waals surface area contributed by atoms with Crippen LogP contribution in [0.15, 0.2) is 0 Å². The van der Waals surface area contributed by atoms with E-state index in [-0.39, 0.29) is 19.3 Å². The Morgan fingerprint density at radius 3 is 2.26 bits per heavy atom. The molecule has 1 rings (SSSR count). The Balaban J connectivity index is 2.46. The number of carboxylic acid groups (broad SMARTS) is 2. The molecule has 1 amide bonds. The molecule has 1 unspecified atom stereocenters. The fraction of sp³-hybridized carbons (Fsp3) is 0.750. The molecule has 0 aromatic rings. The summed E-state index contributed by atoms with van der Waals surface area (Å²) in [4.78, 5) is 33.1. The summed E-state index contributed by atoms with van der Waals surface area (Å²) in [5.41, 5.74) is 5.49. The second-order valence-electron chi connectivity index (χ2n) is 5.14. The lowest BCUT2D eigenvalue weighted by Gasteiger charge is -2.23. The molecular weight excluding hydrogens is 252 g/mol. The SMILES string of the molecule is NC1(CC(=O)NC(CCC(=O)O)C(=O)O)CCCC1. The molecule has 0 saturated heterocycles. The van der Waals surface area contributed by atoms with Crippen molar-refractivity contribution in [1.82, 2.24) is 5.32 Å². The van der Waals surface area contributed by atoms with Crippen LogP contribution in [0.3, 0.4) is 0 Å². The van der Waals surface area contributed by atoms with Gasteiger partial charge < -0.3 is 21.3 Å². The van der Waals surface area contributed by atoms with Gasteiger partial charge >= 0.3 is 11.9 Å². The normalized spacial score (nSPS) is 18.8. The highest BCUT2D eigenvalue weighted by Crippen LogP contribution is 2.29. The largest absolute Gasteiger partial charge is 0.481 e. The van der Waals surface area contributed by atoms with E-state index in [1.165, 1.54) is 0 Å². The smallest absolute Gasteiger partial charge is 0.326 e. The summed E-state index contributed by atoms with van der Waals surface area (Å²) in [6.45, 7) is 0. The first-order valence-electron chi connectivity index (χ1n) is 6.35. The third kappa shape index (κ3) is 5.25. The topological polar surface area (TPSA) is 130 Å². The maximum atomic E-state index is 11.8. The van der Waals surface area contributed by atoms with E-state index in [1.54, 1.807) is 0 Å². The van der Waals surface area contributed by atoms with Gasteiger partial charge in [0.2, 0.25) is 5.91 Å². The van der Waals surface area contributed by atoms with Gasteiger partial charge in [0.25, 0.3) is 0 Å². The van der Waals surface area contributed by atoms with Crippen LogP contribution in [-0.2, 0) is 14.4 Å². The molecule has 1 aliphatic rings. The quantitative estimate of drug-likeness (QED) is 0.519. The minimum Gasteiger partial charge on any atom is -0.481 e. The van der Waals surface area contributed by atoms with Gasteiger partial charge in [-0.3, -0.25) is 9.59 Å². The van der Waals surface area contributed by atoms with Gasteiger partial charge in [0.15, 0.2) is 0 Å². The summed E-state index contributed by atoms with van der Waals surface area (Å²) in [7, 11) is 0. The van der Waals surface area contributed by atoms with E-state index < -0.39 is 29.4 Å². The zero-order chi connectivity index (χ0) is 14.5. The van der Waals surface area contributed by atoms with Gasteiger partial charge in [-0.2, -0.15) is 0 Å². The van der Waals surface area contributed by atoms with Gasteiger partial charge in [0.1, 0.15) is 6.04 Å². The van der Waals surface area contributed by atoms with Crippen molar-refractivity contribution >= 4 is 17.8 Å². The Bertz CT molecular complexity index is 363. The van der Waals surface area contributed by atoms with Crippen molar-refractivity contribution in [3.8, 4) is 0 Å². The van der Waals surface area contributed by atoms with Crippen molar-refractivity contribution in [1.29, 1.82) is 0 Å². The van der Waals surface area contributed by atoms with Gasteiger partial charge in [0.05, 0.1) is 0 Å². The van der Waals surface area contributed by atoms with E-state index in [2.05, 4.69) is 5.32 Å². The molecule has 19 heavy (non-hydrogen) atoms. The molecule has 0 bridgehead atoms. The maximum Gasteiger partial charge on any atom is 0.326 e. The average Bonchev–Trinajstić information content (AvgIpc) is 2.70. The van der Waals surface area contributed by atoms with Crippen LogP contribution in [0, 0.1) is 0 Å². The summed E-state index contributed by atoms with van der Waals surface area (Å²) in [5.74, 6) is -2.75. The van der Waals surface area contributed by atoms with Crippen molar-refractivity contribution < 1.29 is 24.6 Å². The third-order valence-corrected chi connectivity index (χ3v) is 3.39. The van der Waals surface area contributed by atoms with Crippen molar-refractivity contribution in [2.24, 2.45) is 5.73 Å². The number of hydrogen-bond donors (Lipinski definition) is 4. The number of nitrogens with two attached hydrogens (primary N) is 1. The van der Waals surface area contributed by atoms with Crippen molar-refractivity contribution in [2.45, 2.75) is 56.5 Å². The van der Waals surface area contributed by atoms with Crippen molar-refractivity contribution in [3.05, 3.63) is 0 Å². The van der Waals surface area contributed by atoms with Gasteiger partial charge in [-0.05, 0) is 19.3 Å². The number of carbonyl (C=O) groups excluding carboxylic acids is 1. The number of carbonyl (C=O) groups is 3. The number of aliphatic carboxylic acids is 2. The standard InChI is InChI=1S/C12H20N2O5/c13-12(5-1-2-6-12)7-9(15)14-8(11(18)19)3-4-10(16)17/h8H,1-7,13H2,(H,14,15)(H,16,17)(H,18,19). The van der Waals surface area contributed by atoms with Crippen LogP contribution in [0.2, 0.25) is 0 Å². The van der Waals surface area contributed by atoms with Crippen LogP contribution < -0.4 is 11.1 Å². The highest BCUT2D eigenvalue weighted by atomic mass is 16.4. The first-order valence-corrected chi connectivity index (χ1v) is 6.35. The Labute approximate surface area is 111 Å².